The van der Waals surface area contributed by atoms with Crippen molar-refractivity contribution in [1.29, 1.82) is 0 Å². The first-order valence-corrected chi connectivity index (χ1v) is 50.2. The van der Waals surface area contributed by atoms with E-state index in [1.54, 1.807) is 315 Å². The predicted molar refractivity (Wildman–Crippen MR) is 438 cm³/mol. The van der Waals surface area contributed by atoms with Crippen LogP contribution in [0.15, 0.2) is 0 Å². The molecular formula is C100H166BN3. The van der Waals surface area contributed by atoms with E-state index >= 15 is 0 Å². The van der Waals surface area contributed by atoms with Gasteiger partial charge in [-0.3, -0.25) is 14.7 Å². The van der Waals surface area contributed by atoms with E-state index in [1.807, 2.05) is 0 Å². The van der Waals surface area contributed by atoms with Gasteiger partial charge in [0.15, 0.2) is 6.71 Å². The Kier molecular flexibility index (Phi) is 21.2. The van der Waals surface area contributed by atoms with Crippen LogP contribution in [0.4, 0.5) is 0 Å². The molecule has 20 aliphatic rings. The maximum atomic E-state index is 4.04. The molecule has 3 heterocycles. The van der Waals surface area contributed by atoms with Crippen molar-refractivity contribution in [3.05, 3.63) is 0 Å². The van der Waals surface area contributed by atoms with Crippen LogP contribution in [0.25, 0.3) is 0 Å². The summed E-state index contributed by atoms with van der Waals surface area (Å²) < 4.78 is 0. The summed E-state index contributed by atoms with van der Waals surface area (Å²) in [5.41, 5.74) is 0.805. The maximum Gasteiger partial charge on any atom is 0.156 e. The van der Waals surface area contributed by atoms with E-state index in [1.165, 1.54) is 44.9 Å². The second-order valence-electron chi connectivity index (χ2n) is 47.4. The van der Waals surface area contributed by atoms with Gasteiger partial charge in [-0.25, -0.2) is 0 Å². The molecule has 27 unspecified atom stereocenters. The topological polar surface area (TPSA) is 9.72 Å². The summed E-state index contributed by atoms with van der Waals surface area (Å²) in [6, 6.07) is 7.62. The summed E-state index contributed by atoms with van der Waals surface area (Å²) in [5.74, 6) is 27.2. The average molecular weight is 1420 g/mol. The first-order valence-electron chi connectivity index (χ1n) is 50.2. The zero-order valence-electron chi connectivity index (χ0n) is 69.3. The van der Waals surface area contributed by atoms with Gasteiger partial charge in [-0.1, -0.05) is 273 Å². The summed E-state index contributed by atoms with van der Waals surface area (Å²) in [6.07, 6.45) is 88.8. The molecule has 20 fully saturated rings. The van der Waals surface area contributed by atoms with Crippen LogP contribution in [0.2, 0.25) is 17.5 Å². The number of nitrogens with zero attached hydrogens (tertiary/aromatic N) is 3. The van der Waals surface area contributed by atoms with E-state index in [-0.39, 0.29) is 0 Å². The van der Waals surface area contributed by atoms with Crippen molar-refractivity contribution in [3.8, 4) is 0 Å². The van der Waals surface area contributed by atoms with Crippen molar-refractivity contribution in [2.24, 2.45) is 153 Å². The van der Waals surface area contributed by atoms with Crippen molar-refractivity contribution >= 4 is 6.71 Å². The molecule has 20 rings (SSSR count). The lowest BCUT2D eigenvalue weighted by Gasteiger charge is -2.73. The van der Waals surface area contributed by atoms with Crippen molar-refractivity contribution in [2.45, 2.75) is 473 Å². The van der Waals surface area contributed by atoms with Crippen molar-refractivity contribution in [1.82, 2.24) is 14.7 Å². The van der Waals surface area contributed by atoms with Gasteiger partial charge in [-0.15, -0.1) is 0 Å². The standard InChI is InChI=1S/C100H166BN3/c1-99(2,3)71-57-82(64-31-14-8-15-32-64)97(83(58-71)65-33-16-9-17-34-65)103-90-53-49-69(63-29-12-7-13-30-63)55-86(90)101-87-56-70(74-51-52-81-79-44-27-40-68-39-26-43-78(94(68)79)80-46-28-45-77(74)95(80)81)50-54-91(87)104(93-62-73(61-92(103)96(93)101)102-88-47-24-22-41-75(88)76-42-23-25-48-89(76)102)98-84(66-35-18-10-19-36-66)59-72(100(4,5)6)60-85(98)67-37-20-11-21-38-67/h63-98H,7-62H2,1-6H3. The van der Waals surface area contributed by atoms with E-state index in [0.29, 0.717) is 10.8 Å². The van der Waals surface area contributed by atoms with Crippen LogP contribution in [0.3, 0.4) is 0 Å². The highest BCUT2D eigenvalue weighted by molar-refractivity contribution is 6.65. The summed E-state index contributed by atoms with van der Waals surface area (Å²) in [4.78, 5) is 11.7. The molecule has 0 aromatic carbocycles. The van der Waals surface area contributed by atoms with Gasteiger partial charge < -0.3 is 0 Å². The van der Waals surface area contributed by atoms with E-state index < -0.39 is 0 Å². The third-order valence-electron chi connectivity index (χ3n) is 41.8. The van der Waals surface area contributed by atoms with Crippen LogP contribution in [-0.4, -0.2) is 75.8 Å². The van der Waals surface area contributed by atoms with Crippen LogP contribution in [-0.2, 0) is 0 Å². The lowest BCUT2D eigenvalue weighted by molar-refractivity contribution is -0.160. The first-order chi connectivity index (χ1) is 50.9. The Morgan fingerprint density at radius 3 is 0.990 bits per heavy atom. The minimum Gasteiger partial charge on any atom is -0.295 e. The third-order valence-corrected chi connectivity index (χ3v) is 41.8. The molecule has 27 atom stereocenters. The van der Waals surface area contributed by atoms with E-state index in [4.69, 9.17) is 0 Å². The molecule has 0 aromatic heterocycles. The molecule has 3 aliphatic heterocycles. The first kappa shape index (κ1) is 72.9. The summed E-state index contributed by atoms with van der Waals surface area (Å²) >= 11 is 0. The monoisotopic (exact) mass is 1420 g/mol. The second-order valence-corrected chi connectivity index (χ2v) is 47.4. The van der Waals surface area contributed by atoms with E-state index in [9.17, 15) is 0 Å². The van der Waals surface area contributed by atoms with Crippen LogP contribution in [0, 0.1) is 153 Å². The smallest absolute Gasteiger partial charge is 0.156 e. The number of hydrogen-bond donors (Lipinski definition) is 0. The quantitative estimate of drug-likeness (QED) is 0.213. The number of fused-ring (bicyclic) bond motifs is 9. The van der Waals surface area contributed by atoms with Crippen molar-refractivity contribution in [3.63, 3.8) is 0 Å². The van der Waals surface area contributed by atoms with Gasteiger partial charge in [-0.2, -0.15) is 0 Å². The zero-order valence-corrected chi connectivity index (χ0v) is 69.3. The van der Waals surface area contributed by atoms with Gasteiger partial charge in [0.05, 0.1) is 0 Å². The molecule has 17 aliphatic carbocycles. The van der Waals surface area contributed by atoms with Crippen LogP contribution in [0.1, 0.15) is 401 Å². The molecule has 0 spiro atoms. The molecule has 4 heteroatoms. The lowest BCUT2D eigenvalue weighted by Crippen LogP contribution is -2.78. The van der Waals surface area contributed by atoms with E-state index in [0.717, 1.165) is 221 Å². The highest BCUT2D eigenvalue weighted by atomic mass is 15.3. The fraction of sp³-hybridized carbons (Fsp3) is 1.00. The minimum atomic E-state index is 0.402. The molecule has 0 N–H and O–H groups in total. The Morgan fingerprint density at radius 2 is 0.548 bits per heavy atom. The van der Waals surface area contributed by atoms with Crippen LogP contribution in [0.5, 0.6) is 0 Å². The normalized spacial score (nSPS) is 50.7. The molecule has 0 radical (unpaired) electrons. The van der Waals surface area contributed by atoms with Gasteiger partial charge >= 0.3 is 0 Å². The largest absolute Gasteiger partial charge is 0.295 e. The van der Waals surface area contributed by atoms with Gasteiger partial charge in [0.25, 0.3) is 0 Å². The highest BCUT2D eigenvalue weighted by Crippen LogP contribution is 2.72. The fourth-order valence-corrected chi connectivity index (χ4v) is 38.2. The Bertz CT molecular complexity index is 2710. The number of likely N-dealkylation sites (tertiary alicyclic amines) is 1. The Balaban J connectivity index is 0.781. The van der Waals surface area contributed by atoms with Gasteiger partial charge in [0.2, 0.25) is 0 Å². The molecule has 0 bridgehead atoms. The fourth-order valence-electron chi connectivity index (χ4n) is 38.2. The van der Waals surface area contributed by atoms with E-state index in [2.05, 4.69) is 56.2 Å². The summed E-state index contributed by atoms with van der Waals surface area (Å²) in [5, 5.41) is 0. The second kappa shape index (κ2) is 30.3. The predicted octanol–water partition coefficient (Wildman–Crippen LogP) is 26.8. The molecule has 104 heavy (non-hydrogen) atoms. The van der Waals surface area contributed by atoms with Gasteiger partial charge in [-0.05, 0) is 299 Å². The van der Waals surface area contributed by atoms with Crippen molar-refractivity contribution in [2.75, 3.05) is 0 Å². The molecule has 3 saturated heterocycles. The Morgan fingerprint density at radius 1 is 0.212 bits per heavy atom. The highest BCUT2D eigenvalue weighted by Gasteiger charge is 2.71. The van der Waals surface area contributed by atoms with Crippen LogP contribution < -0.4 is 0 Å². The summed E-state index contributed by atoms with van der Waals surface area (Å²) in [7, 11) is 0. The average Bonchev–Trinajstić information content (AvgIpc) is 0.807. The third kappa shape index (κ3) is 13.0. The SMILES string of the molecule is CC(C)(C)C1CC(C2CCCCC2)C(N2C3CCC(C4CCCCC4)CC3B3C4CC(C5CCC6C7CCCC8CCCC(C9CCCC5C96)C87)CCC4N(C4C(C5CCCCC5)CC(C(C)(C)C)CC4C4CCCCC4)C4CC(N5C6CCCCC6C6CCCCC65)CC2C34)C(C2CCCCC2)C1. The van der Waals surface area contributed by atoms with Crippen molar-refractivity contribution < 1.29 is 0 Å². The molecule has 17 saturated carbocycles. The Labute approximate surface area is 643 Å². The summed E-state index contributed by atoms with van der Waals surface area (Å²) in [6.45, 7) is 17.6. The number of hydrogen-bond acceptors (Lipinski definition) is 3. The van der Waals surface area contributed by atoms with Gasteiger partial charge in [0, 0.05) is 54.4 Å². The molecule has 584 valence electrons. The molecule has 0 amide bonds. The molecule has 0 aromatic rings. The number of rotatable bonds is 9. The minimum absolute atomic E-state index is 0.402. The lowest BCUT2D eigenvalue weighted by atomic mass is 9.17. The maximum absolute atomic E-state index is 4.04. The molecular weight excluding hydrogens is 1250 g/mol. The zero-order chi connectivity index (χ0) is 69.7. The van der Waals surface area contributed by atoms with Gasteiger partial charge in [0.1, 0.15) is 0 Å². The Hall–Kier alpha value is -0.0551. The molecule has 3 nitrogen and oxygen atoms in total. The van der Waals surface area contributed by atoms with Crippen LogP contribution >= 0.6 is 0 Å².